The molecule has 0 aromatic heterocycles. The van der Waals surface area contributed by atoms with E-state index in [0.717, 1.165) is 34.3 Å². The second-order valence-corrected chi connectivity index (χ2v) is 9.04. The van der Waals surface area contributed by atoms with Crippen LogP contribution in [0.25, 0.3) is 11.1 Å². The Morgan fingerprint density at radius 3 is 2.30 bits per heavy atom. The maximum Gasteiger partial charge on any atom is 0.337 e. The first-order valence-corrected chi connectivity index (χ1v) is 10.2. The Morgan fingerprint density at radius 1 is 1.10 bits per heavy atom. The zero-order valence-electron chi connectivity index (χ0n) is 18.5. The smallest absolute Gasteiger partial charge is 0.337 e. The van der Waals surface area contributed by atoms with Gasteiger partial charge in [-0.05, 0) is 77.3 Å². The second kappa shape index (κ2) is 8.08. The molecule has 3 heteroatoms. The molecule has 0 fully saturated rings. The van der Waals surface area contributed by atoms with Crippen LogP contribution in [-0.2, 0) is 10.2 Å². The summed E-state index contributed by atoms with van der Waals surface area (Å²) in [5, 5.41) is 10.1. The molecule has 0 atom stereocenters. The Bertz CT molecular complexity index is 1030. The lowest BCUT2D eigenvalue weighted by Gasteiger charge is -2.32. The van der Waals surface area contributed by atoms with Gasteiger partial charge in [-0.2, -0.15) is 0 Å². The summed E-state index contributed by atoms with van der Waals surface area (Å²) in [6.07, 6.45) is 7.02. The van der Waals surface area contributed by atoms with E-state index in [1.807, 2.05) is 24.3 Å². The molecule has 30 heavy (non-hydrogen) atoms. The molecule has 0 bridgehead atoms. The van der Waals surface area contributed by atoms with E-state index in [4.69, 9.17) is 4.74 Å². The van der Waals surface area contributed by atoms with E-state index in [0.29, 0.717) is 5.56 Å². The van der Waals surface area contributed by atoms with Crippen molar-refractivity contribution in [3.8, 4) is 0 Å². The average molecular weight is 403 g/mol. The van der Waals surface area contributed by atoms with Crippen LogP contribution in [0.3, 0.4) is 0 Å². The van der Waals surface area contributed by atoms with Crippen molar-refractivity contribution in [2.45, 2.75) is 45.1 Å². The van der Waals surface area contributed by atoms with Crippen LogP contribution in [0.1, 0.15) is 66.7 Å². The summed E-state index contributed by atoms with van der Waals surface area (Å²) in [5.41, 5.74) is 6.14. The van der Waals surface area contributed by atoms with Crippen molar-refractivity contribution in [3.05, 3.63) is 95.1 Å². The molecule has 0 saturated carbocycles. The lowest BCUT2D eigenvalue weighted by atomic mass is 9.72. The normalized spacial score (nSPS) is 15.5. The number of carbonyl (C=O) groups is 1. The Hall–Kier alpha value is -2.91. The van der Waals surface area contributed by atoms with Gasteiger partial charge >= 0.3 is 5.97 Å². The molecule has 2 aromatic rings. The molecule has 3 nitrogen and oxygen atoms in total. The van der Waals surface area contributed by atoms with E-state index in [2.05, 4.69) is 44.7 Å². The summed E-state index contributed by atoms with van der Waals surface area (Å²) >= 11 is 0. The van der Waals surface area contributed by atoms with Crippen molar-refractivity contribution in [2.24, 2.45) is 0 Å². The van der Waals surface area contributed by atoms with Crippen LogP contribution in [0.5, 0.6) is 0 Å². The lowest BCUT2D eigenvalue weighted by molar-refractivity contribution is 0.0600. The van der Waals surface area contributed by atoms with E-state index in [9.17, 15) is 9.90 Å². The molecular weight excluding hydrogens is 372 g/mol. The van der Waals surface area contributed by atoms with Crippen LogP contribution in [0.15, 0.2) is 67.3 Å². The van der Waals surface area contributed by atoms with Crippen LogP contribution < -0.4 is 0 Å². The van der Waals surface area contributed by atoms with Crippen molar-refractivity contribution < 1.29 is 14.6 Å². The van der Waals surface area contributed by atoms with Gasteiger partial charge < -0.3 is 9.84 Å². The molecule has 1 N–H and O–H groups in total. The fourth-order valence-corrected chi connectivity index (χ4v) is 3.69. The number of esters is 1. The fraction of sp³-hybridized carbons (Fsp3) is 0.296. The summed E-state index contributed by atoms with van der Waals surface area (Å²) in [4.78, 5) is 11.7. The van der Waals surface area contributed by atoms with Crippen molar-refractivity contribution in [3.63, 3.8) is 0 Å². The van der Waals surface area contributed by atoms with Crippen molar-refractivity contribution >= 4 is 17.1 Å². The highest BCUT2D eigenvalue weighted by molar-refractivity contribution is 5.90. The monoisotopic (exact) mass is 402 g/mol. The summed E-state index contributed by atoms with van der Waals surface area (Å²) in [6.45, 7) is 12.3. The van der Waals surface area contributed by atoms with Crippen molar-refractivity contribution in [1.82, 2.24) is 0 Å². The first-order valence-electron chi connectivity index (χ1n) is 10.2. The average Bonchev–Trinajstić information content (AvgIpc) is 2.71. The third-order valence-corrected chi connectivity index (χ3v) is 5.57. The van der Waals surface area contributed by atoms with Crippen molar-refractivity contribution in [1.29, 1.82) is 0 Å². The van der Waals surface area contributed by atoms with Crippen molar-refractivity contribution in [2.75, 3.05) is 7.11 Å². The quantitative estimate of drug-likeness (QED) is 0.631. The molecular formula is C27H30O3. The highest BCUT2D eigenvalue weighted by Crippen LogP contribution is 2.41. The van der Waals surface area contributed by atoms with E-state index < -0.39 is 5.60 Å². The number of allylic oxidation sites excluding steroid dienone is 3. The summed E-state index contributed by atoms with van der Waals surface area (Å²) in [5.74, 6) is -0.350. The number of methoxy groups -OCH3 is 1. The Balaban J connectivity index is 1.99. The van der Waals surface area contributed by atoms with Gasteiger partial charge in [-0.3, -0.25) is 0 Å². The van der Waals surface area contributed by atoms with Gasteiger partial charge in [-0.25, -0.2) is 4.79 Å². The van der Waals surface area contributed by atoms with E-state index >= 15 is 0 Å². The zero-order chi connectivity index (χ0) is 22.1. The molecule has 0 unspecified atom stereocenters. The number of hydrogen-bond acceptors (Lipinski definition) is 3. The second-order valence-electron chi connectivity index (χ2n) is 9.04. The van der Waals surface area contributed by atoms with E-state index in [-0.39, 0.29) is 11.4 Å². The van der Waals surface area contributed by atoms with Gasteiger partial charge in [0.15, 0.2) is 0 Å². The zero-order valence-corrected chi connectivity index (χ0v) is 18.5. The molecule has 3 rings (SSSR count). The molecule has 2 aromatic carbocycles. The van der Waals surface area contributed by atoms with Gasteiger partial charge in [0, 0.05) is 0 Å². The van der Waals surface area contributed by atoms with Gasteiger partial charge in [0.2, 0.25) is 0 Å². The van der Waals surface area contributed by atoms with Crippen LogP contribution in [0, 0.1) is 0 Å². The maximum atomic E-state index is 11.7. The SMILES string of the molecule is C=C(c1ccc(C(=O)OC)cc1)c1ccc2c(c1)C(C=CC(C)(C)O)=CCC2(C)C. The predicted octanol–water partition coefficient (Wildman–Crippen LogP) is 5.93. The molecule has 0 spiro atoms. The van der Waals surface area contributed by atoms with Gasteiger partial charge in [-0.1, -0.05) is 62.9 Å². The first-order chi connectivity index (χ1) is 14.0. The number of rotatable bonds is 5. The van der Waals surface area contributed by atoms with Crippen LogP contribution in [0.2, 0.25) is 0 Å². The highest BCUT2D eigenvalue weighted by atomic mass is 16.5. The molecule has 0 radical (unpaired) electrons. The molecule has 0 aliphatic heterocycles. The number of aliphatic hydroxyl groups is 1. The minimum Gasteiger partial charge on any atom is -0.465 e. The minimum absolute atomic E-state index is 0.0451. The Morgan fingerprint density at radius 2 is 1.70 bits per heavy atom. The molecule has 156 valence electrons. The Kier molecular flexibility index (Phi) is 5.87. The largest absolute Gasteiger partial charge is 0.465 e. The number of ether oxygens (including phenoxy) is 1. The maximum absolute atomic E-state index is 11.7. The van der Waals surface area contributed by atoms with Crippen LogP contribution in [-0.4, -0.2) is 23.8 Å². The summed E-state index contributed by atoms with van der Waals surface area (Å²) in [7, 11) is 1.38. The van der Waals surface area contributed by atoms with E-state index in [1.54, 1.807) is 26.0 Å². The van der Waals surface area contributed by atoms with Crippen LogP contribution in [0.4, 0.5) is 0 Å². The van der Waals surface area contributed by atoms with Crippen LogP contribution >= 0.6 is 0 Å². The first kappa shape index (κ1) is 21.8. The summed E-state index contributed by atoms with van der Waals surface area (Å²) in [6, 6.07) is 13.8. The predicted molar refractivity (Wildman–Crippen MR) is 123 cm³/mol. The Labute approximate surface area is 179 Å². The van der Waals surface area contributed by atoms with Gasteiger partial charge in [0.05, 0.1) is 18.3 Å². The third-order valence-electron chi connectivity index (χ3n) is 5.57. The molecule has 0 saturated heterocycles. The highest BCUT2D eigenvalue weighted by Gasteiger charge is 2.28. The third kappa shape index (κ3) is 4.63. The number of benzene rings is 2. The topological polar surface area (TPSA) is 46.5 Å². The number of fused-ring (bicyclic) bond motifs is 1. The number of hydrogen-bond donors (Lipinski definition) is 1. The lowest BCUT2D eigenvalue weighted by Crippen LogP contribution is -2.21. The summed E-state index contributed by atoms with van der Waals surface area (Å²) < 4.78 is 4.77. The molecule has 1 aliphatic carbocycles. The minimum atomic E-state index is -0.865. The standard InChI is InChI=1S/C27H30O3/c1-18(19-7-9-21(10-8-19)25(28)30-6)22-11-12-24-23(17-22)20(13-15-26(24,2)3)14-16-27(4,5)29/h7-14,16-17,29H,1,15H2,2-6H3. The number of carbonyl (C=O) groups excluding carboxylic acids is 1. The molecule has 0 heterocycles. The fourth-order valence-electron chi connectivity index (χ4n) is 3.69. The van der Waals surface area contributed by atoms with Gasteiger partial charge in [-0.15, -0.1) is 0 Å². The van der Waals surface area contributed by atoms with E-state index in [1.165, 1.54) is 12.7 Å². The van der Waals surface area contributed by atoms with Gasteiger partial charge in [0.1, 0.15) is 0 Å². The molecule has 0 amide bonds. The molecule has 1 aliphatic rings. The van der Waals surface area contributed by atoms with Gasteiger partial charge in [0.25, 0.3) is 0 Å².